The van der Waals surface area contributed by atoms with Crippen molar-refractivity contribution in [1.29, 1.82) is 0 Å². The zero-order chi connectivity index (χ0) is 21.3. The molecule has 3 aromatic carbocycles. The Morgan fingerprint density at radius 3 is 2.57 bits per heavy atom. The van der Waals surface area contributed by atoms with Crippen molar-refractivity contribution in [2.24, 2.45) is 0 Å². The van der Waals surface area contributed by atoms with Gasteiger partial charge in [-0.2, -0.15) is 0 Å². The third kappa shape index (κ3) is 4.06. The predicted molar refractivity (Wildman–Crippen MR) is 118 cm³/mol. The Labute approximate surface area is 181 Å². The van der Waals surface area contributed by atoms with Crippen molar-refractivity contribution >= 4 is 33.2 Å². The summed E-state index contributed by atoms with van der Waals surface area (Å²) >= 11 is 5.88. The molecule has 0 spiro atoms. The number of amides is 1. The van der Waals surface area contributed by atoms with Crippen LogP contribution in [0.5, 0.6) is 0 Å². The van der Waals surface area contributed by atoms with Crippen LogP contribution in [0.1, 0.15) is 27.0 Å². The topological polar surface area (TPSA) is 66.5 Å². The lowest BCUT2D eigenvalue weighted by atomic mass is 10.1. The lowest BCUT2D eigenvalue weighted by Gasteiger charge is -2.19. The molecule has 7 heteroatoms. The monoisotopic (exact) mass is 440 g/mol. The van der Waals surface area contributed by atoms with Gasteiger partial charge in [0.1, 0.15) is 0 Å². The molecule has 1 amide bonds. The second-order valence-corrected chi connectivity index (χ2v) is 9.60. The van der Waals surface area contributed by atoms with Gasteiger partial charge in [0, 0.05) is 23.7 Å². The molecule has 1 heterocycles. The third-order valence-electron chi connectivity index (χ3n) is 5.13. The van der Waals surface area contributed by atoms with E-state index >= 15 is 0 Å². The molecule has 0 bridgehead atoms. The Morgan fingerprint density at radius 2 is 1.83 bits per heavy atom. The molecule has 30 heavy (non-hydrogen) atoms. The highest BCUT2D eigenvalue weighted by Gasteiger charge is 2.31. The van der Waals surface area contributed by atoms with E-state index in [-0.39, 0.29) is 10.8 Å². The predicted octanol–water partition coefficient (Wildman–Crippen LogP) is 4.33. The van der Waals surface area contributed by atoms with E-state index in [1.165, 1.54) is 16.4 Å². The van der Waals surface area contributed by atoms with Crippen LogP contribution < -0.4 is 9.62 Å². The Morgan fingerprint density at radius 1 is 1.07 bits per heavy atom. The maximum absolute atomic E-state index is 13.0. The van der Waals surface area contributed by atoms with Crippen LogP contribution in [0.3, 0.4) is 0 Å². The molecule has 0 aliphatic carbocycles. The highest BCUT2D eigenvalue weighted by molar-refractivity contribution is 7.92. The van der Waals surface area contributed by atoms with Crippen molar-refractivity contribution in [3.63, 3.8) is 0 Å². The average molecular weight is 441 g/mol. The van der Waals surface area contributed by atoms with Gasteiger partial charge in [0.2, 0.25) is 0 Å². The first-order valence-electron chi connectivity index (χ1n) is 9.59. The van der Waals surface area contributed by atoms with Gasteiger partial charge in [-0.1, -0.05) is 41.4 Å². The van der Waals surface area contributed by atoms with Crippen molar-refractivity contribution in [2.75, 3.05) is 10.8 Å². The number of aryl methyl sites for hydroxylation is 1. The summed E-state index contributed by atoms with van der Waals surface area (Å²) < 4.78 is 27.4. The summed E-state index contributed by atoms with van der Waals surface area (Å²) in [5.41, 5.74) is 4.15. The number of halogens is 1. The number of carbonyl (C=O) groups excluding carboxylic acids is 1. The maximum Gasteiger partial charge on any atom is 0.264 e. The summed E-state index contributed by atoms with van der Waals surface area (Å²) in [6, 6.07) is 19.2. The first-order chi connectivity index (χ1) is 14.3. The molecule has 0 aromatic heterocycles. The lowest BCUT2D eigenvalue weighted by Crippen LogP contribution is -2.29. The van der Waals surface area contributed by atoms with Gasteiger partial charge in [-0.25, -0.2) is 8.42 Å². The maximum atomic E-state index is 13.0. The molecule has 0 fully saturated rings. The van der Waals surface area contributed by atoms with Crippen LogP contribution in [-0.4, -0.2) is 20.9 Å². The number of carbonyl (C=O) groups is 1. The zero-order valence-corrected chi connectivity index (χ0v) is 18.0. The Balaban J connectivity index is 1.52. The Hall–Kier alpha value is -2.83. The van der Waals surface area contributed by atoms with Crippen molar-refractivity contribution < 1.29 is 13.2 Å². The number of hydrogen-bond acceptors (Lipinski definition) is 3. The van der Waals surface area contributed by atoms with Crippen LogP contribution in [-0.2, 0) is 23.0 Å². The number of fused-ring (bicyclic) bond motifs is 1. The fourth-order valence-corrected chi connectivity index (χ4v) is 5.23. The van der Waals surface area contributed by atoms with Crippen LogP contribution in [0.4, 0.5) is 5.69 Å². The molecule has 154 valence electrons. The van der Waals surface area contributed by atoms with Crippen LogP contribution >= 0.6 is 11.6 Å². The fourth-order valence-electron chi connectivity index (χ4n) is 3.60. The summed E-state index contributed by atoms with van der Waals surface area (Å²) in [7, 11) is -3.68. The number of benzene rings is 3. The molecular weight excluding hydrogens is 420 g/mol. The Kier molecular flexibility index (Phi) is 5.54. The number of sulfonamides is 1. The van der Waals surface area contributed by atoms with E-state index in [9.17, 15) is 13.2 Å². The minimum Gasteiger partial charge on any atom is -0.348 e. The van der Waals surface area contributed by atoms with Gasteiger partial charge in [-0.05, 0) is 66.9 Å². The highest BCUT2D eigenvalue weighted by Crippen LogP contribution is 2.33. The fraction of sp³-hybridized carbons (Fsp3) is 0.174. The summed E-state index contributed by atoms with van der Waals surface area (Å²) in [6.45, 7) is 2.79. The molecule has 3 aromatic rings. The molecular formula is C23H21ClN2O3S. The van der Waals surface area contributed by atoms with Crippen molar-refractivity contribution in [1.82, 2.24) is 5.32 Å². The van der Waals surface area contributed by atoms with Gasteiger partial charge in [-0.3, -0.25) is 9.10 Å². The zero-order valence-electron chi connectivity index (χ0n) is 16.4. The number of nitrogens with one attached hydrogen (secondary N) is 1. The summed E-state index contributed by atoms with van der Waals surface area (Å²) in [5.74, 6) is -0.182. The van der Waals surface area contributed by atoms with Crippen LogP contribution in [0.15, 0.2) is 71.6 Å². The minimum atomic E-state index is -3.68. The minimum absolute atomic E-state index is 0.182. The SMILES string of the molecule is Cc1cccc(CNC(=O)c2ccc3c(c2)CCN3S(=O)(=O)c2ccc(Cl)cc2)c1. The van der Waals surface area contributed by atoms with Gasteiger partial charge < -0.3 is 5.32 Å². The normalized spacial score (nSPS) is 13.2. The molecule has 5 nitrogen and oxygen atoms in total. The van der Waals surface area contributed by atoms with E-state index < -0.39 is 10.0 Å². The van der Waals surface area contributed by atoms with Gasteiger partial charge in [-0.15, -0.1) is 0 Å². The molecule has 1 aliphatic rings. The van der Waals surface area contributed by atoms with Crippen LogP contribution in [0, 0.1) is 6.92 Å². The number of rotatable bonds is 5. The smallest absolute Gasteiger partial charge is 0.264 e. The van der Waals surface area contributed by atoms with Gasteiger partial charge in [0.15, 0.2) is 0 Å². The van der Waals surface area contributed by atoms with E-state index in [1.807, 2.05) is 31.2 Å². The molecule has 0 atom stereocenters. The summed E-state index contributed by atoms with van der Waals surface area (Å²) in [4.78, 5) is 12.8. The molecule has 0 unspecified atom stereocenters. The van der Waals surface area contributed by atoms with E-state index in [4.69, 9.17) is 11.6 Å². The van der Waals surface area contributed by atoms with E-state index in [0.29, 0.717) is 35.8 Å². The van der Waals surface area contributed by atoms with Crippen molar-refractivity contribution in [3.8, 4) is 0 Å². The summed E-state index contributed by atoms with van der Waals surface area (Å²) in [5, 5.41) is 3.41. The van der Waals surface area contributed by atoms with E-state index in [2.05, 4.69) is 5.32 Å². The van der Waals surface area contributed by atoms with Gasteiger partial charge >= 0.3 is 0 Å². The number of hydrogen-bond donors (Lipinski definition) is 1. The van der Waals surface area contributed by atoms with Crippen LogP contribution in [0.25, 0.3) is 0 Å². The largest absolute Gasteiger partial charge is 0.348 e. The quantitative estimate of drug-likeness (QED) is 0.642. The average Bonchev–Trinajstić information content (AvgIpc) is 3.16. The van der Waals surface area contributed by atoms with E-state index in [0.717, 1.165) is 16.7 Å². The molecule has 1 N–H and O–H groups in total. The second kappa shape index (κ2) is 8.13. The molecule has 4 rings (SSSR count). The second-order valence-electron chi connectivity index (χ2n) is 7.30. The lowest BCUT2D eigenvalue weighted by molar-refractivity contribution is 0.0951. The molecule has 0 saturated heterocycles. The molecule has 0 saturated carbocycles. The first-order valence-corrected chi connectivity index (χ1v) is 11.4. The Bertz CT molecular complexity index is 1210. The molecule has 0 radical (unpaired) electrons. The van der Waals surface area contributed by atoms with Gasteiger partial charge in [0.05, 0.1) is 10.6 Å². The first kappa shape index (κ1) is 20.4. The summed E-state index contributed by atoms with van der Waals surface area (Å²) in [6.07, 6.45) is 0.557. The molecule has 1 aliphatic heterocycles. The number of nitrogens with zero attached hydrogens (tertiary/aromatic N) is 1. The van der Waals surface area contributed by atoms with Crippen molar-refractivity contribution in [3.05, 3.63) is 94.0 Å². The van der Waals surface area contributed by atoms with Crippen molar-refractivity contribution in [2.45, 2.75) is 24.8 Å². The third-order valence-corrected chi connectivity index (χ3v) is 7.21. The number of anilines is 1. The standard InChI is InChI=1S/C23H21ClN2O3S/c1-16-3-2-4-17(13-16)15-25-23(27)19-5-10-22-18(14-19)11-12-26(22)30(28,29)21-8-6-20(24)7-9-21/h2-10,13-14H,11-12,15H2,1H3,(H,25,27). The van der Waals surface area contributed by atoms with Gasteiger partial charge in [0.25, 0.3) is 15.9 Å². The van der Waals surface area contributed by atoms with E-state index in [1.54, 1.807) is 30.3 Å². The highest BCUT2D eigenvalue weighted by atomic mass is 35.5. The van der Waals surface area contributed by atoms with Crippen LogP contribution in [0.2, 0.25) is 5.02 Å².